The molecule has 11 aromatic carbocycles. The Labute approximate surface area is 490 Å². The molecule has 4 heterocycles. The van der Waals surface area contributed by atoms with Crippen LogP contribution in [-0.4, -0.2) is 31.8 Å². The van der Waals surface area contributed by atoms with Crippen LogP contribution in [0.1, 0.15) is 24.1 Å². The van der Waals surface area contributed by atoms with Gasteiger partial charge in [0.05, 0.1) is 62.2 Å². The Bertz CT molecular complexity index is 4970. The van der Waals surface area contributed by atoms with Crippen LogP contribution in [0, 0.1) is 6.92 Å². The van der Waals surface area contributed by atoms with Crippen LogP contribution in [0.3, 0.4) is 0 Å². The second-order valence-electron chi connectivity index (χ2n) is 20.1. The standard InChI is InChI=1S/C38H27BrN2O3S.C31H21BrN2O.CH4.FH/c1-25-14-18-29(19-15-25)45(42,43)44-24-26-22-27(16-20-34(26)39)40-37-13-7-4-10-32(37)33-23-28(17-21-38(33)40)41-35-11-5-2-8-30(35)31-9-3-6-12-36(31)41;32-27-15-13-21(17-20(27)19-35)33-30-12-6-3-9-25(30)26-18-22(14-16-31(26)33)34-28-10-4-1-7-23(28)24-8-2-5-11-29(24)34;;/h2-23H,24H2,1H3;1-18,35H,19H2;1H4;1H. The summed E-state index contributed by atoms with van der Waals surface area (Å²) in [6.07, 6.45) is 0. The first-order chi connectivity index (χ1) is 39.1. The van der Waals surface area contributed by atoms with Gasteiger partial charge in [0.25, 0.3) is 10.1 Å². The van der Waals surface area contributed by atoms with Gasteiger partial charge in [-0.3, -0.25) is 8.89 Å². The number of benzene rings is 11. The van der Waals surface area contributed by atoms with E-state index in [0.717, 1.165) is 81.2 Å². The third kappa shape index (κ3) is 9.08. The van der Waals surface area contributed by atoms with Crippen molar-refractivity contribution in [1.82, 2.24) is 18.3 Å². The first kappa shape index (κ1) is 54.0. The Balaban J connectivity index is 0.000000163. The van der Waals surface area contributed by atoms with E-state index in [1.807, 2.05) is 37.3 Å². The summed E-state index contributed by atoms with van der Waals surface area (Å²) >= 11 is 7.16. The molecule has 0 aliphatic rings. The summed E-state index contributed by atoms with van der Waals surface area (Å²) in [5, 5.41) is 19.5. The molecule has 0 aliphatic carbocycles. The summed E-state index contributed by atoms with van der Waals surface area (Å²) in [4.78, 5) is 0.141. The van der Waals surface area contributed by atoms with Gasteiger partial charge in [-0.1, -0.05) is 166 Å². The average Bonchev–Trinajstić information content (AvgIpc) is 3.36. The Hall–Kier alpha value is -8.62. The molecule has 0 spiro atoms. The summed E-state index contributed by atoms with van der Waals surface area (Å²) in [6.45, 7) is 1.81. The zero-order chi connectivity index (χ0) is 54.2. The van der Waals surface area contributed by atoms with E-state index in [-0.39, 0.29) is 30.2 Å². The highest BCUT2D eigenvalue weighted by Gasteiger charge is 2.21. The van der Waals surface area contributed by atoms with Crippen LogP contribution < -0.4 is 0 Å². The van der Waals surface area contributed by atoms with Crippen LogP contribution >= 0.6 is 31.9 Å². The highest BCUT2D eigenvalue weighted by atomic mass is 79.9. The van der Waals surface area contributed by atoms with Crippen LogP contribution in [0.5, 0.6) is 0 Å². The molecule has 82 heavy (non-hydrogen) atoms. The van der Waals surface area contributed by atoms with Gasteiger partial charge in [-0.05, 0) is 139 Å². The number of halogens is 3. The lowest BCUT2D eigenvalue weighted by Crippen LogP contribution is -2.07. The number of aliphatic hydroxyl groups is 1. The Kier molecular flexibility index (Phi) is 14.3. The van der Waals surface area contributed by atoms with E-state index in [0.29, 0.717) is 0 Å². The first-order valence-electron chi connectivity index (χ1n) is 26.3. The zero-order valence-corrected chi connectivity index (χ0v) is 47.5. The number of aryl methyl sites for hydroxylation is 1. The monoisotopic (exact) mass is 1220 g/mol. The molecular formula is C70H53Br2FN4O4S. The smallest absolute Gasteiger partial charge is 0.297 e. The Morgan fingerprint density at radius 2 is 0.671 bits per heavy atom. The summed E-state index contributed by atoms with van der Waals surface area (Å²) in [5.41, 5.74) is 15.9. The fraction of sp³-hybridized carbons (Fsp3) is 0.0571. The van der Waals surface area contributed by atoms with Gasteiger partial charge in [0.2, 0.25) is 0 Å². The van der Waals surface area contributed by atoms with Crippen molar-refractivity contribution in [3.63, 3.8) is 0 Å². The van der Waals surface area contributed by atoms with E-state index in [2.05, 4.69) is 238 Å². The maximum absolute atomic E-state index is 12.9. The highest BCUT2D eigenvalue weighted by Crippen LogP contribution is 2.40. The summed E-state index contributed by atoms with van der Waals surface area (Å²) in [5.74, 6) is 0. The Morgan fingerprint density at radius 3 is 1.04 bits per heavy atom. The lowest BCUT2D eigenvalue weighted by atomic mass is 10.1. The molecule has 8 nitrogen and oxygen atoms in total. The summed E-state index contributed by atoms with van der Waals surface area (Å²) in [7, 11) is -3.92. The molecule has 0 saturated carbocycles. The molecule has 0 saturated heterocycles. The molecule has 0 fully saturated rings. The molecule has 0 atom stereocenters. The molecule has 15 rings (SSSR count). The molecule has 0 amide bonds. The molecule has 15 aromatic rings. The molecule has 1 N–H and O–H groups in total. The first-order valence-corrected chi connectivity index (χ1v) is 29.3. The second kappa shape index (κ2) is 21.7. The predicted molar refractivity (Wildman–Crippen MR) is 344 cm³/mol. The van der Waals surface area contributed by atoms with E-state index in [4.69, 9.17) is 4.18 Å². The fourth-order valence-electron chi connectivity index (χ4n) is 11.7. The van der Waals surface area contributed by atoms with Crippen molar-refractivity contribution >= 4 is 129 Å². The Morgan fingerprint density at radius 1 is 0.378 bits per heavy atom. The van der Waals surface area contributed by atoms with E-state index < -0.39 is 10.1 Å². The zero-order valence-electron chi connectivity index (χ0n) is 43.5. The van der Waals surface area contributed by atoms with E-state index in [1.165, 1.54) is 54.4 Å². The van der Waals surface area contributed by atoms with Crippen LogP contribution in [0.2, 0.25) is 0 Å². The topological polar surface area (TPSA) is 83.3 Å². The normalized spacial score (nSPS) is 11.7. The van der Waals surface area contributed by atoms with Gasteiger partial charge < -0.3 is 23.4 Å². The number of aromatic nitrogens is 4. The lowest BCUT2D eigenvalue weighted by molar-refractivity contribution is 0.281. The largest absolute Gasteiger partial charge is 0.392 e. The number of rotatable bonds is 9. The number of fused-ring (bicyclic) bond motifs is 12. The van der Waals surface area contributed by atoms with Crippen molar-refractivity contribution < 1.29 is 22.4 Å². The van der Waals surface area contributed by atoms with Crippen LogP contribution in [-0.2, 0) is 27.5 Å². The van der Waals surface area contributed by atoms with E-state index >= 15 is 0 Å². The summed E-state index contributed by atoms with van der Waals surface area (Å²) < 4.78 is 42.3. The van der Waals surface area contributed by atoms with Gasteiger partial charge in [0, 0.05) is 74.8 Å². The van der Waals surface area contributed by atoms with Crippen LogP contribution in [0.15, 0.2) is 256 Å². The van der Waals surface area contributed by atoms with Crippen molar-refractivity contribution in [3.8, 4) is 22.7 Å². The molecular weight excluding hydrogens is 1170 g/mol. The number of para-hydroxylation sites is 6. The predicted octanol–water partition coefficient (Wildman–Crippen LogP) is 18.8. The summed E-state index contributed by atoms with van der Waals surface area (Å²) in [6, 6.07) is 83.3. The maximum atomic E-state index is 12.9. The van der Waals surface area contributed by atoms with Crippen molar-refractivity contribution in [2.24, 2.45) is 0 Å². The van der Waals surface area contributed by atoms with Crippen LogP contribution in [0.4, 0.5) is 4.70 Å². The highest BCUT2D eigenvalue weighted by molar-refractivity contribution is 9.10. The quantitative estimate of drug-likeness (QED) is 0.146. The molecule has 0 radical (unpaired) electrons. The average molecular weight is 1230 g/mol. The minimum atomic E-state index is -3.92. The molecule has 0 bridgehead atoms. The van der Waals surface area contributed by atoms with E-state index in [9.17, 15) is 13.5 Å². The van der Waals surface area contributed by atoms with Gasteiger partial charge in [0.1, 0.15) is 0 Å². The van der Waals surface area contributed by atoms with E-state index in [1.54, 1.807) is 24.3 Å². The lowest BCUT2D eigenvalue weighted by Gasteiger charge is -2.13. The van der Waals surface area contributed by atoms with Crippen molar-refractivity contribution in [2.75, 3.05) is 0 Å². The van der Waals surface area contributed by atoms with Gasteiger partial charge in [-0.15, -0.1) is 0 Å². The number of nitrogens with zero attached hydrogens (tertiary/aromatic N) is 4. The third-order valence-electron chi connectivity index (χ3n) is 15.4. The van der Waals surface area contributed by atoms with Gasteiger partial charge in [0.15, 0.2) is 0 Å². The van der Waals surface area contributed by atoms with Crippen molar-refractivity contribution in [2.45, 2.75) is 32.5 Å². The van der Waals surface area contributed by atoms with Gasteiger partial charge in [-0.2, -0.15) is 8.42 Å². The number of hydrogen-bond acceptors (Lipinski definition) is 4. The number of hydrogen-bond donors (Lipinski definition) is 1. The molecule has 404 valence electrons. The second-order valence-corrected chi connectivity index (χ2v) is 23.4. The minimum Gasteiger partial charge on any atom is -0.392 e. The van der Waals surface area contributed by atoms with Crippen LogP contribution in [0.25, 0.3) is 110 Å². The van der Waals surface area contributed by atoms with Crippen molar-refractivity contribution in [1.29, 1.82) is 0 Å². The molecule has 0 aliphatic heterocycles. The SMILES string of the molecule is C.Cc1ccc(S(=O)(=O)OCc2cc(-n3c4ccccc4c4cc(-n5c6ccccc6c6ccccc65)ccc43)ccc2Br)cc1.F.OCc1cc(-n2c3ccccc3c3cc(-n4c5ccccc5c5ccccc54)ccc32)ccc1Br. The maximum Gasteiger partial charge on any atom is 0.297 e. The number of aliphatic hydroxyl groups excluding tert-OH is 1. The van der Waals surface area contributed by atoms with Gasteiger partial charge >= 0.3 is 0 Å². The minimum absolute atomic E-state index is 0. The van der Waals surface area contributed by atoms with Gasteiger partial charge in [-0.25, -0.2) is 0 Å². The fourth-order valence-corrected chi connectivity index (χ4v) is 13.3. The van der Waals surface area contributed by atoms with Crippen molar-refractivity contribution in [3.05, 3.63) is 268 Å². The third-order valence-corrected chi connectivity index (χ3v) is 18.2. The molecule has 12 heteroatoms. The molecule has 4 aromatic heterocycles. The molecule has 0 unspecified atom stereocenters.